The van der Waals surface area contributed by atoms with E-state index in [0.29, 0.717) is 18.9 Å². The summed E-state index contributed by atoms with van der Waals surface area (Å²) in [5, 5.41) is 0. The Balaban J connectivity index is 1.80. The highest BCUT2D eigenvalue weighted by atomic mass is 16.5. The molecule has 6 heteroatoms. The summed E-state index contributed by atoms with van der Waals surface area (Å²) in [5.74, 6) is 0.617. The average Bonchev–Trinajstić information content (AvgIpc) is 2.62. The van der Waals surface area contributed by atoms with Crippen molar-refractivity contribution >= 4 is 17.4 Å². The molecule has 0 aliphatic carbocycles. The molecule has 1 aromatic carbocycles. The third kappa shape index (κ3) is 3.07. The van der Waals surface area contributed by atoms with E-state index in [1.165, 1.54) is 6.33 Å². The van der Waals surface area contributed by atoms with Gasteiger partial charge in [-0.1, -0.05) is 18.2 Å². The smallest absolute Gasteiger partial charge is 0.276 e. The van der Waals surface area contributed by atoms with Crippen LogP contribution in [0.4, 0.5) is 11.5 Å². The number of rotatable bonds is 3. The van der Waals surface area contributed by atoms with Crippen LogP contribution < -0.4 is 9.80 Å². The molecule has 3 rings (SSSR count). The minimum atomic E-state index is -0.150. The number of aromatic nitrogens is 2. The number of carbonyl (C=O) groups excluding carboxylic acids is 1. The Morgan fingerprint density at radius 3 is 2.64 bits per heavy atom. The van der Waals surface area contributed by atoms with Crippen LogP contribution in [0.3, 0.4) is 0 Å². The van der Waals surface area contributed by atoms with Crippen LogP contribution in [0.5, 0.6) is 0 Å². The summed E-state index contributed by atoms with van der Waals surface area (Å²) in [7, 11) is 1.74. The molecule has 1 fully saturated rings. The summed E-state index contributed by atoms with van der Waals surface area (Å²) in [4.78, 5) is 24.6. The second-order valence-electron chi connectivity index (χ2n) is 5.06. The fraction of sp³-hybridized carbons (Fsp3) is 0.312. The van der Waals surface area contributed by atoms with E-state index in [1.807, 2.05) is 30.3 Å². The summed E-state index contributed by atoms with van der Waals surface area (Å²) in [6.45, 7) is 2.91. The molecule has 0 spiro atoms. The van der Waals surface area contributed by atoms with Crippen molar-refractivity contribution in [1.82, 2.24) is 9.97 Å². The van der Waals surface area contributed by atoms with Gasteiger partial charge in [-0.15, -0.1) is 0 Å². The van der Waals surface area contributed by atoms with Crippen LogP contribution in [-0.2, 0) is 4.74 Å². The SMILES string of the molecule is CN(C(=O)c1cc(N2CCOCC2)ncn1)c1ccccc1. The molecule has 1 saturated heterocycles. The summed E-state index contributed by atoms with van der Waals surface area (Å²) >= 11 is 0. The summed E-state index contributed by atoms with van der Waals surface area (Å²) < 4.78 is 5.33. The quantitative estimate of drug-likeness (QED) is 0.861. The topological polar surface area (TPSA) is 58.6 Å². The first-order valence-electron chi connectivity index (χ1n) is 7.23. The van der Waals surface area contributed by atoms with Gasteiger partial charge in [0.25, 0.3) is 5.91 Å². The normalized spacial score (nSPS) is 14.7. The van der Waals surface area contributed by atoms with E-state index in [0.717, 1.165) is 24.6 Å². The van der Waals surface area contributed by atoms with Crippen molar-refractivity contribution in [3.8, 4) is 0 Å². The van der Waals surface area contributed by atoms with Gasteiger partial charge in [-0.25, -0.2) is 9.97 Å². The van der Waals surface area contributed by atoms with Gasteiger partial charge >= 0.3 is 0 Å². The standard InChI is InChI=1S/C16H18N4O2/c1-19(13-5-3-2-4-6-13)16(21)14-11-15(18-12-17-14)20-7-9-22-10-8-20/h2-6,11-12H,7-10H2,1H3. The predicted octanol–water partition coefficient (Wildman–Crippen LogP) is 1.59. The number of morpholine rings is 1. The van der Waals surface area contributed by atoms with Gasteiger partial charge in [-0.2, -0.15) is 0 Å². The minimum absolute atomic E-state index is 0.150. The van der Waals surface area contributed by atoms with E-state index in [-0.39, 0.29) is 5.91 Å². The summed E-state index contributed by atoms with van der Waals surface area (Å²) in [5.41, 5.74) is 1.22. The minimum Gasteiger partial charge on any atom is -0.378 e. The number of anilines is 2. The van der Waals surface area contributed by atoms with Crippen LogP contribution in [0.2, 0.25) is 0 Å². The number of benzene rings is 1. The molecule has 1 aliphatic rings. The molecule has 22 heavy (non-hydrogen) atoms. The van der Waals surface area contributed by atoms with Crippen LogP contribution in [0.25, 0.3) is 0 Å². The second-order valence-corrected chi connectivity index (χ2v) is 5.06. The van der Waals surface area contributed by atoms with Crippen LogP contribution in [0.15, 0.2) is 42.7 Å². The van der Waals surface area contributed by atoms with Gasteiger partial charge in [-0.05, 0) is 12.1 Å². The molecule has 1 amide bonds. The lowest BCUT2D eigenvalue weighted by molar-refractivity contribution is 0.0988. The van der Waals surface area contributed by atoms with Crippen molar-refractivity contribution < 1.29 is 9.53 Å². The van der Waals surface area contributed by atoms with Crippen LogP contribution in [-0.4, -0.2) is 49.2 Å². The largest absolute Gasteiger partial charge is 0.378 e. The zero-order valence-electron chi connectivity index (χ0n) is 12.5. The van der Waals surface area contributed by atoms with Gasteiger partial charge < -0.3 is 14.5 Å². The van der Waals surface area contributed by atoms with E-state index >= 15 is 0 Å². The second kappa shape index (κ2) is 6.53. The fourth-order valence-electron chi connectivity index (χ4n) is 2.37. The van der Waals surface area contributed by atoms with Crippen molar-refractivity contribution in [2.75, 3.05) is 43.2 Å². The molecule has 2 heterocycles. The molecule has 6 nitrogen and oxygen atoms in total. The first kappa shape index (κ1) is 14.5. The first-order valence-corrected chi connectivity index (χ1v) is 7.23. The van der Waals surface area contributed by atoms with Crippen LogP contribution >= 0.6 is 0 Å². The Morgan fingerprint density at radius 2 is 1.91 bits per heavy atom. The molecular formula is C16H18N4O2. The lowest BCUT2D eigenvalue weighted by Crippen LogP contribution is -2.37. The molecule has 2 aromatic rings. The highest BCUT2D eigenvalue weighted by Crippen LogP contribution is 2.17. The van der Waals surface area contributed by atoms with Crippen molar-refractivity contribution in [3.63, 3.8) is 0 Å². The Labute approximate surface area is 129 Å². The first-order chi connectivity index (χ1) is 10.8. The van der Waals surface area contributed by atoms with Gasteiger partial charge in [0.05, 0.1) is 13.2 Å². The zero-order chi connectivity index (χ0) is 15.4. The van der Waals surface area contributed by atoms with E-state index in [2.05, 4.69) is 14.9 Å². The molecule has 1 aromatic heterocycles. The number of para-hydroxylation sites is 1. The maximum atomic E-state index is 12.6. The predicted molar refractivity (Wildman–Crippen MR) is 84.2 cm³/mol. The Bertz CT molecular complexity index is 642. The van der Waals surface area contributed by atoms with Gasteiger partial charge in [-0.3, -0.25) is 4.79 Å². The van der Waals surface area contributed by atoms with Gasteiger partial charge in [0.2, 0.25) is 0 Å². The Morgan fingerprint density at radius 1 is 1.18 bits per heavy atom. The summed E-state index contributed by atoms with van der Waals surface area (Å²) in [6.07, 6.45) is 1.44. The third-order valence-corrected chi connectivity index (χ3v) is 3.65. The van der Waals surface area contributed by atoms with Crippen LogP contribution in [0, 0.1) is 0 Å². The molecule has 114 valence electrons. The maximum Gasteiger partial charge on any atom is 0.276 e. The number of ether oxygens (including phenoxy) is 1. The van der Waals surface area contributed by atoms with E-state index < -0.39 is 0 Å². The highest BCUT2D eigenvalue weighted by Gasteiger charge is 2.18. The lowest BCUT2D eigenvalue weighted by Gasteiger charge is -2.27. The van der Waals surface area contributed by atoms with Crippen molar-refractivity contribution in [1.29, 1.82) is 0 Å². The Hall–Kier alpha value is -2.47. The van der Waals surface area contributed by atoms with Crippen LogP contribution in [0.1, 0.15) is 10.5 Å². The molecule has 0 atom stereocenters. The molecule has 0 bridgehead atoms. The third-order valence-electron chi connectivity index (χ3n) is 3.65. The fourth-order valence-corrected chi connectivity index (χ4v) is 2.37. The van der Waals surface area contributed by atoms with Crippen molar-refractivity contribution in [3.05, 3.63) is 48.4 Å². The molecule has 0 unspecified atom stereocenters. The number of hydrogen-bond acceptors (Lipinski definition) is 5. The van der Waals surface area contributed by atoms with Crippen molar-refractivity contribution in [2.45, 2.75) is 0 Å². The van der Waals surface area contributed by atoms with E-state index in [1.54, 1.807) is 18.0 Å². The van der Waals surface area contributed by atoms with Gasteiger partial charge in [0.15, 0.2) is 0 Å². The van der Waals surface area contributed by atoms with E-state index in [4.69, 9.17) is 4.74 Å². The van der Waals surface area contributed by atoms with E-state index in [9.17, 15) is 4.79 Å². The molecule has 0 radical (unpaired) electrons. The highest BCUT2D eigenvalue weighted by molar-refractivity contribution is 6.04. The molecule has 0 saturated carbocycles. The molecule has 1 aliphatic heterocycles. The number of amides is 1. The zero-order valence-corrected chi connectivity index (χ0v) is 12.5. The maximum absolute atomic E-state index is 12.6. The van der Waals surface area contributed by atoms with Crippen molar-refractivity contribution in [2.24, 2.45) is 0 Å². The average molecular weight is 298 g/mol. The lowest BCUT2D eigenvalue weighted by atomic mass is 10.2. The van der Waals surface area contributed by atoms with Gasteiger partial charge in [0, 0.05) is 31.9 Å². The van der Waals surface area contributed by atoms with Gasteiger partial charge in [0.1, 0.15) is 17.8 Å². The number of nitrogens with zero attached hydrogens (tertiary/aromatic N) is 4. The summed E-state index contributed by atoms with van der Waals surface area (Å²) in [6, 6.07) is 11.2. The monoisotopic (exact) mass is 298 g/mol. The number of hydrogen-bond donors (Lipinski definition) is 0. The molecular weight excluding hydrogens is 280 g/mol. The Kier molecular flexibility index (Phi) is 4.29. The molecule has 0 N–H and O–H groups in total. The number of carbonyl (C=O) groups is 1.